The molecule has 0 bridgehead atoms. The van der Waals surface area contributed by atoms with Gasteiger partial charge in [-0.2, -0.15) is 0 Å². The Balaban J connectivity index is 1.81. The Morgan fingerprint density at radius 1 is 1.09 bits per heavy atom. The molecule has 0 aliphatic carbocycles. The first-order valence-corrected chi connectivity index (χ1v) is 8.37. The minimum absolute atomic E-state index is 0.264. The van der Waals surface area contributed by atoms with E-state index in [1.807, 2.05) is 35.2 Å². The van der Waals surface area contributed by atoms with Gasteiger partial charge < -0.3 is 4.90 Å². The molecule has 0 atom stereocenters. The highest BCUT2D eigenvalue weighted by Crippen LogP contribution is 2.21. The second-order valence-electron chi connectivity index (χ2n) is 5.84. The Morgan fingerprint density at radius 3 is 2.48 bits per heavy atom. The first-order chi connectivity index (χ1) is 11.2. The van der Waals surface area contributed by atoms with Crippen molar-refractivity contribution in [1.29, 1.82) is 0 Å². The maximum absolute atomic E-state index is 11.8. The Morgan fingerprint density at radius 2 is 1.83 bits per heavy atom. The lowest BCUT2D eigenvalue weighted by molar-refractivity contribution is -0.127. The highest BCUT2D eigenvalue weighted by Gasteiger charge is 2.18. The molecule has 1 saturated heterocycles. The molecule has 118 valence electrons. The fraction of sp³-hybridized carbons (Fsp3) is 0.250. The van der Waals surface area contributed by atoms with Crippen LogP contribution in [0.1, 0.15) is 24.0 Å². The van der Waals surface area contributed by atoms with Crippen LogP contribution < -0.4 is 0 Å². The number of amides is 1. The Kier molecular flexibility index (Phi) is 5.14. The van der Waals surface area contributed by atoms with Crippen LogP contribution in [-0.4, -0.2) is 23.9 Å². The Hall–Kier alpha value is -2.06. The number of carbonyl (C=O) groups excluding carboxylic acids is 1. The number of halogens is 1. The molecule has 0 aromatic heterocycles. The van der Waals surface area contributed by atoms with E-state index in [-0.39, 0.29) is 5.91 Å². The van der Waals surface area contributed by atoms with E-state index in [0.717, 1.165) is 24.4 Å². The van der Waals surface area contributed by atoms with Crippen LogP contribution in [-0.2, 0) is 11.2 Å². The van der Waals surface area contributed by atoms with Crippen molar-refractivity contribution in [2.24, 2.45) is 0 Å². The molecule has 3 heteroatoms. The third kappa shape index (κ3) is 4.23. The van der Waals surface area contributed by atoms with Gasteiger partial charge >= 0.3 is 0 Å². The first kappa shape index (κ1) is 15.8. The summed E-state index contributed by atoms with van der Waals surface area (Å²) in [6.07, 6.45) is 4.69. The Bertz CT molecular complexity index is 691. The zero-order valence-electron chi connectivity index (χ0n) is 13.0. The standard InChI is InChI=1S/C20H20ClNO/c21-19-10-8-16(9-11-19)15-18(17-5-2-1-3-6-17)12-14-22-13-4-7-20(22)23/h1-3,5-6,8-12H,4,7,13-15H2/b18-12+. The lowest BCUT2D eigenvalue weighted by atomic mass is 9.98. The summed E-state index contributed by atoms with van der Waals surface area (Å²) in [4.78, 5) is 13.7. The molecule has 0 radical (unpaired) electrons. The number of hydrogen-bond donors (Lipinski definition) is 0. The van der Waals surface area contributed by atoms with E-state index in [1.165, 1.54) is 16.7 Å². The molecule has 0 N–H and O–H groups in total. The van der Waals surface area contributed by atoms with E-state index in [1.54, 1.807) is 0 Å². The topological polar surface area (TPSA) is 20.3 Å². The van der Waals surface area contributed by atoms with Crippen LogP contribution in [0.4, 0.5) is 0 Å². The predicted octanol–water partition coefficient (Wildman–Crippen LogP) is 4.59. The quantitative estimate of drug-likeness (QED) is 0.787. The van der Waals surface area contributed by atoms with Crippen LogP contribution in [0.5, 0.6) is 0 Å². The summed E-state index contributed by atoms with van der Waals surface area (Å²) in [7, 11) is 0. The summed E-state index contributed by atoms with van der Waals surface area (Å²) in [5, 5.41) is 0.752. The smallest absolute Gasteiger partial charge is 0.222 e. The van der Waals surface area contributed by atoms with Crippen molar-refractivity contribution in [2.45, 2.75) is 19.3 Å². The number of likely N-dealkylation sites (tertiary alicyclic amines) is 1. The zero-order valence-corrected chi connectivity index (χ0v) is 13.8. The monoisotopic (exact) mass is 325 g/mol. The maximum Gasteiger partial charge on any atom is 0.222 e. The van der Waals surface area contributed by atoms with Crippen LogP contribution in [0.25, 0.3) is 5.57 Å². The van der Waals surface area contributed by atoms with Crippen molar-refractivity contribution in [2.75, 3.05) is 13.1 Å². The van der Waals surface area contributed by atoms with Gasteiger partial charge in [0.25, 0.3) is 0 Å². The van der Waals surface area contributed by atoms with Gasteiger partial charge in [0.15, 0.2) is 0 Å². The fourth-order valence-electron chi connectivity index (χ4n) is 2.88. The van der Waals surface area contributed by atoms with Crippen molar-refractivity contribution < 1.29 is 4.79 Å². The van der Waals surface area contributed by atoms with Gasteiger partial charge in [-0.3, -0.25) is 4.79 Å². The van der Waals surface area contributed by atoms with E-state index in [2.05, 4.69) is 30.3 Å². The maximum atomic E-state index is 11.8. The molecule has 3 rings (SSSR count). The third-order valence-electron chi connectivity index (χ3n) is 4.18. The number of nitrogens with zero attached hydrogens (tertiary/aromatic N) is 1. The highest BCUT2D eigenvalue weighted by atomic mass is 35.5. The van der Waals surface area contributed by atoms with Gasteiger partial charge in [0.1, 0.15) is 0 Å². The van der Waals surface area contributed by atoms with Crippen LogP contribution in [0.3, 0.4) is 0 Å². The number of hydrogen-bond acceptors (Lipinski definition) is 1. The SMILES string of the molecule is O=C1CCCN1C/C=C(\Cc1ccc(Cl)cc1)c1ccccc1. The van der Waals surface area contributed by atoms with Gasteiger partial charge in [-0.25, -0.2) is 0 Å². The molecule has 1 aliphatic rings. The lowest BCUT2D eigenvalue weighted by Gasteiger charge is -2.15. The average Bonchev–Trinajstić information content (AvgIpc) is 2.99. The number of benzene rings is 2. The molecule has 1 heterocycles. The number of carbonyl (C=O) groups is 1. The summed E-state index contributed by atoms with van der Waals surface area (Å²) in [6.45, 7) is 1.56. The first-order valence-electron chi connectivity index (χ1n) is 7.99. The normalized spacial score (nSPS) is 15.3. The summed E-state index contributed by atoms with van der Waals surface area (Å²) in [5.74, 6) is 0.264. The van der Waals surface area contributed by atoms with Crippen molar-refractivity contribution >= 4 is 23.1 Å². The van der Waals surface area contributed by atoms with E-state index in [0.29, 0.717) is 13.0 Å². The van der Waals surface area contributed by atoms with Crippen LogP contribution in [0.15, 0.2) is 60.7 Å². The second-order valence-corrected chi connectivity index (χ2v) is 6.28. The molecule has 1 aliphatic heterocycles. The minimum atomic E-state index is 0.264. The summed E-state index contributed by atoms with van der Waals surface area (Å²) in [5.41, 5.74) is 3.67. The highest BCUT2D eigenvalue weighted by molar-refractivity contribution is 6.30. The summed E-state index contributed by atoms with van der Waals surface area (Å²) in [6, 6.07) is 18.3. The molecule has 1 amide bonds. The number of rotatable bonds is 5. The van der Waals surface area contributed by atoms with Crippen LogP contribution in [0, 0.1) is 0 Å². The summed E-state index contributed by atoms with van der Waals surface area (Å²) < 4.78 is 0. The lowest BCUT2D eigenvalue weighted by Crippen LogP contribution is -2.24. The molecular weight excluding hydrogens is 306 g/mol. The summed E-state index contributed by atoms with van der Waals surface area (Å²) >= 11 is 5.97. The second kappa shape index (κ2) is 7.47. The van der Waals surface area contributed by atoms with Gasteiger partial charge in [-0.05, 0) is 41.7 Å². The van der Waals surface area contributed by atoms with Gasteiger partial charge in [0, 0.05) is 24.5 Å². The number of allylic oxidation sites excluding steroid dienone is 1. The zero-order chi connectivity index (χ0) is 16.1. The van der Waals surface area contributed by atoms with E-state index in [9.17, 15) is 4.79 Å². The van der Waals surface area contributed by atoms with Gasteiger partial charge in [-0.15, -0.1) is 0 Å². The Labute approximate surface area is 142 Å². The molecule has 0 unspecified atom stereocenters. The fourth-order valence-corrected chi connectivity index (χ4v) is 3.01. The van der Waals surface area contributed by atoms with Gasteiger partial charge in [-0.1, -0.05) is 60.1 Å². The molecule has 2 aromatic rings. The van der Waals surface area contributed by atoms with Crippen molar-refractivity contribution in [1.82, 2.24) is 4.90 Å². The van der Waals surface area contributed by atoms with Crippen molar-refractivity contribution in [3.8, 4) is 0 Å². The van der Waals surface area contributed by atoms with Crippen molar-refractivity contribution in [3.63, 3.8) is 0 Å². The molecule has 0 saturated carbocycles. The van der Waals surface area contributed by atoms with E-state index < -0.39 is 0 Å². The average molecular weight is 326 g/mol. The molecule has 23 heavy (non-hydrogen) atoms. The van der Waals surface area contributed by atoms with E-state index >= 15 is 0 Å². The third-order valence-corrected chi connectivity index (χ3v) is 4.43. The molecular formula is C20H20ClNO. The largest absolute Gasteiger partial charge is 0.339 e. The molecule has 2 aromatic carbocycles. The predicted molar refractivity (Wildman–Crippen MR) is 95.4 cm³/mol. The van der Waals surface area contributed by atoms with Crippen LogP contribution in [0.2, 0.25) is 5.02 Å². The minimum Gasteiger partial charge on any atom is -0.339 e. The molecule has 1 fully saturated rings. The molecule has 2 nitrogen and oxygen atoms in total. The van der Waals surface area contributed by atoms with E-state index in [4.69, 9.17) is 11.6 Å². The van der Waals surface area contributed by atoms with Crippen LogP contribution >= 0.6 is 11.6 Å². The molecule has 0 spiro atoms. The van der Waals surface area contributed by atoms with Crippen molar-refractivity contribution in [3.05, 3.63) is 76.8 Å². The van der Waals surface area contributed by atoms with Gasteiger partial charge in [0.05, 0.1) is 0 Å². The van der Waals surface area contributed by atoms with Gasteiger partial charge in [0.2, 0.25) is 5.91 Å².